The summed E-state index contributed by atoms with van der Waals surface area (Å²) in [6.07, 6.45) is 3.47. The number of unbranched alkanes of at least 4 members (excludes halogenated alkanes) is 2. The second-order valence-corrected chi connectivity index (χ2v) is 12.1. The van der Waals surface area contributed by atoms with Crippen molar-refractivity contribution in [2.24, 2.45) is 0 Å². The molecule has 10 nitrogen and oxygen atoms in total. The molecule has 2 amide bonds. The number of carboxylic acids is 1. The highest BCUT2D eigenvalue weighted by Gasteiger charge is 2.38. The molecule has 280 valence electrons. The Bertz CT molecular complexity index is 1640. The number of benzene rings is 3. The van der Waals surface area contributed by atoms with E-state index >= 15 is 0 Å². The van der Waals surface area contributed by atoms with Crippen LogP contribution >= 0.6 is 0 Å². The van der Waals surface area contributed by atoms with Gasteiger partial charge in [0, 0.05) is 44.2 Å². The van der Waals surface area contributed by atoms with Crippen molar-refractivity contribution in [1.29, 1.82) is 0 Å². The fourth-order valence-corrected chi connectivity index (χ4v) is 5.45. The fraction of sp³-hybridized carbons (Fsp3) is 0.385. The first kappa shape index (κ1) is 41.3. The number of nitrogens with zero attached hydrogens (tertiary/aromatic N) is 2. The summed E-state index contributed by atoms with van der Waals surface area (Å²) in [5.41, 5.74) is 4.47. The topological polar surface area (TPSA) is 125 Å². The number of methoxy groups -OCH3 is 2. The molecule has 0 unspecified atom stereocenters. The summed E-state index contributed by atoms with van der Waals surface area (Å²) < 4.78 is 41.7. The lowest BCUT2D eigenvalue weighted by molar-refractivity contribution is -0.192. The van der Waals surface area contributed by atoms with E-state index in [2.05, 4.69) is 16.3 Å². The average Bonchev–Trinajstić information content (AvgIpc) is 3.67. The third-order valence-electron chi connectivity index (χ3n) is 8.30. The number of hydrogen-bond acceptors (Lipinski definition) is 7. The lowest BCUT2D eigenvalue weighted by atomic mass is 10.0. The smallest absolute Gasteiger partial charge is 0.490 e. The van der Waals surface area contributed by atoms with Gasteiger partial charge in [0.2, 0.25) is 5.91 Å². The molecule has 1 aliphatic rings. The van der Waals surface area contributed by atoms with E-state index in [9.17, 15) is 27.6 Å². The summed E-state index contributed by atoms with van der Waals surface area (Å²) in [5, 5.41) is 10.2. The van der Waals surface area contributed by atoms with Gasteiger partial charge in [-0.2, -0.15) is 13.2 Å². The minimum atomic E-state index is -5.08. The van der Waals surface area contributed by atoms with E-state index in [0.29, 0.717) is 38.0 Å². The standard InChI is InChI=1S/C37H45N3O5.C2HF3O2/c1-44-34-18-15-29(16-19-34)17-20-35(41)40(24-5-3-4-14-36(42)45-2)28-30-10-8-11-31(26-30)32-12-9-13-33(27-32)37(43)38-21-25-39-22-6-7-23-39;3-2(4,5)1(6)7/h8-13,15-20,26-27H,3-7,14,21-25,28H2,1-2H3,(H,38,43);(H,6,7)/b20-17+;. The van der Waals surface area contributed by atoms with Crippen molar-refractivity contribution in [2.45, 2.75) is 51.2 Å². The molecule has 1 fully saturated rings. The maximum atomic E-state index is 13.4. The highest BCUT2D eigenvalue weighted by atomic mass is 19.4. The van der Waals surface area contributed by atoms with Gasteiger partial charge in [-0.3, -0.25) is 14.4 Å². The van der Waals surface area contributed by atoms with Crippen molar-refractivity contribution in [1.82, 2.24) is 15.1 Å². The van der Waals surface area contributed by atoms with Crippen LogP contribution in [0.2, 0.25) is 0 Å². The summed E-state index contributed by atoms with van der Waals surface area (Å²) >= 11 is 0. The Balaban J connectivity index is 0.000000944. The van der Waals surface area contributed by atoms with Crippen molar-refractivity contribution < 1.29 is 46.9 Å². The second kappa shape index (κ2) is 21.3. The van der Waals surface area contributed by atoms with Crippen LogP contribution in [0, 0.1) is 0 Å². The monoisotopic (exact) mass is 725 g/mol. The molecule has 0 saturated carbocycles. The molecule has 13 heteroatoms. The van der Waals surface area contributed by atoms with E-state index in [1.807, 2.05) is 77.7 Å². The number of alkyl halides is 3. The summed E-state index contributed by atoms with van der Waals surface area (Å²) in [5.74, 6) is -2.37. The predicted octanol–water partition coefficient (Wildman–Crippen LogP) is 6.60. The molecule has 2 N–H and O–H groups in total. The van der Waals surface area contributed by atoms with E-state index in [1.165, 1.54) is 20.0 Å². The third-order valence-corrected chi connectivity index (χ3v) is 8.30. The molecule has 1 saturated heterocycles. The van der Waals surface area contributed by atoms with E-state index in [0.717, 1.165) is 60.5 Å². The third kappa shape index (κ3) is 14.6. The number of aliphatic carboxylic acids is 1. The number of carboxylic acid groups (broad SMARTS) is 1. The molecule has 4 rings (SSSR count). The molecule has 1 aliphatic heterocycles. The quantitative estimate of drug-likeness (QED) is 0.0963. The Hall–Kier alpha value is -5.17. The van der Waals surface area contributed by atoms with Gasteiger partial charge in [-0.25, -0.2) is 4.79 Å². The number of hydrogen-bond donors (Lipinski definition) is 2. The Morgan fingerprint density at radius 1 is 0.904 bits per heavy atom. The van der Waals surface area contributed by atoms with Gasteiger partial charge in [0.25, 0.3) is 5.91 Å². The predicted molar refractivity (Wildman–Crippen MR) is 192 cm³/mol. The van der Waals surface area contributed by atoms with Gasteiger partial charge in [0.15, 0.2) is 0 Å². The number of esters is 1. The van der Waals surface area contributed by atoms with Crippen LogP contribution in [-0.4, -0.2) is 91.8 Å². The highest BCUT2D eigenvalue weighted by Crippen LogP contribution is 2.23. The van der Waals surface area contributed by atoms with Gasteiger partial charge in [0.1, 0.15) is 5.75 Å². The van der Waals surface area contributed by atoms with Crippen LogP contribution in [0.15, 0.2) is 78.9 Å². The zero-order valence-corrected chi connectivity index (χ0v) is 29.5. The summed E-state index contributed by atoms with van der Waals surface area (Å²) in [6, 6.07) is 23.3. The molecule has 1 heterocycles. The Kier molecular flexibility index (Phi) is 16.9. The SMILES string of the molecule is COC(=O)CCCCCN(Cc1cccc(-c2cccc(C(=O)NCCN3CCCC3)c2)c1)C(=O)/C=C/c1ccc(OC)cc1.O=C(O)C(F)(F)F. The summed E-state index contributed by atoms with van der Waals surface area (Å²) in [6.45, 7) is 4.73. The number of nitrogens with one attached hydrogen (secondary N) is 1. The largest absolute Gasteiger partial charge is 0.497 e. The van der Waals surface area contributed by atoms with Gasteiger partial charge in [0.05, 0.1) is 14.2 Å². The van der Waals surface area contributed by atoms with Crippen molar-refractivity contribution in [3.63, 3.8) is 0 Å². The zero-order chi connectivity index (χ0) is 37.9. The van der Waals surface area contributed by atoms with Crippen molar-refractivity contribution >= 4 is 29.8 Å². The van der Waals surface area contributed by atoms with Crippen molar-refractivity contribution in [3.8, 4) is 16.9 Å². The fourth-order valence-electron chi connectivity index (χ4n) is 5.45. The van der Waals surface area contributed by atoms with Gasteiger partial charge in [-0.15, -0.1) is 0 Å². The first-order valence-corrected chi connectivity index (χ1v) is 17.1. The number of amides is 2. The molecule has 0 aromatic heterocycles. The van der Waals surface area contributed by atoms with Crippen molar-refractivity contribution in [2.75, 3.05) is 46.9 Å². The van der Waals surface area contributed by atoms with Crippen LogP contribution in [0.25, 0.3) is 17.2 Å². The van der Waals surface area contributed by atoms with Gasteiger partial charge < -0.3 is 29.7 Å². The average molecular weight is 726 g/mol. The number of rotatable bonds is 16. The molecule has 3 aromatic rings. The minimum absolute atomic E-state index is 0.0696. The summed E-state index contributed by atoms with van der Waals surface area (Å²) in [7, 11) is 3.02. The van der Waals surface area contributed by atoms with E-state index in [4.69, 9.17) is 19.4 Å². The Morgan fingerprint density at radius 2 is 1.56 bits per heavy atom. The maximum absolute atomic E-state index is 13.4. The number of carbonyl (C=O) groups is 4. The van der Waals surface area contributed by atoms with Gasteiger partial charge >= 0.3 is 18.1 Å². The van der Waals surface area contributed by atoms with Crippen molar-refractivity contribution in [3.05, 3.63) is 95.6 Å². The molecule has 0 atom stereocenters. The van der Waals surface area contributed by atoms with Crippen LogP contribution < -0.4 is 10.1 Å². The normalized spacial score (nSPS) is 12.9. The van der Waals surface area contributed by atoms with Gasteiger partial charge in [-0.1, -0.05) is 48.9 Å². The van der Waals surface area contributed by atoms with Crippen LogP contribution in [0.1, 0.15) is 60.0 Å². The molecule has 0 spiro atoms. The molecule has 0 aliphatic carbocycles. The van der Waals surface area contributed by atoms with Crippen LogP contribution in [0.4, 0.5) is 13.2 Å². The second-order valence-electron chi connectivity index (χ2n) is 12.1. The number of ether oxygens (including phenoxy) is 2. The first-order valence-electron chi connectivity index (χ1n) is 17.1. The minimum Gasteiger partial charge on any atom is -0.497 e. The van der Waals surface area contributed by atoms with E-state index in [1.54, 1.807) is 13.2 Å². The highest BCUT2D eigenvalue weighted by molar-refractivity contribution is 5.95. The Morgan fingerprint density at radius 3 is 2.19 bits per heavy atom. The number of carbonyl (C=O) groups excluding carboxylic acids is 3. The van der Waals surface area contributed by atoms with Crippen LogP contribution in [0.5, 0.6) is 5.75 Å². The molecule has 52 heavy (non-hydrogen) atoms. The number of halogens is 3. The number of likely N-dealkylation sites (tertiary alicyclic amines) is 1. The lowest BCUT2D eigenvalue weighted by Gasteiger charge is -2.22. The zero-order valence-electron chi connectivity index (χ0n) is 29.5. The molecule has 3 aromatic carbocycles. The lowest BCUT2D eigenvalue weighted by Crippen LogP contribution is -2.33. The first-order chi connectivity index (χ1) is 24.9. The van der Waals surface area contributed by atoms with Crippen LogP contribution in [0.3, 0.4) is 0 Å². The molecule has 0 radical (unpaired) electrons. The van der Waals surface area contributed by atoms with E-state index < -0.39 is 12.1 Å². The van der Waals surface area contributed by atoms with Gasteiger partial charge in [-0.05, 0) is 97.4 Å². The molecular formula is C39H46F3N3O7. The summed E-state index contributed by atoms with van der Waals surface area (Å²) in [4.78, 5) is 50.9. The Labute approximate surface area is 302 Å². The maximum Gasteiger partial charge on any atom is 0.490 e. The van der Waals surface area contributed by atoms with Crippen LogP contribution in [-0.2, 0) is 25.7 Å². The molecule has 0 bridgehead atoms. The molecular weight excluding hydrogens is 679 g/mol. The van der Waals surface area contributed by atoms with E-state index in [-0.39, 0.29) is 17.8 Å².